The molecule has 10 rings (SSSR count). The van der Waals surface area contributed by atoms with Crippen LogP contribution in [0.25, 0.3) is 98.8 Å². The lowest BCUT2D eigenvalue weighted by Gasteiger charge is -2.18. The zero-order chi connectivity index (χ0) is 32.3. The SMILES string of the molecule is c1ccc(-c2ccc(-c3c4ccccc4c(-c4cc(-c5ccccc5)c5oc6c7ccccc7ccc6c5c4)c4ccccc34)cc2)cc1. The van der Waals surface area contributed by atoms with Crippen LogP contribution < -0.4 is 0 Å². The number of hydrogen-bond acceptors (Lipinski definition) is 1. The average molecular weight is 623 g/mol. The van der Waals surface area contributed by atoms with Gasteiger partial charge in [0.25, 0.3) is 0 Å². The van der Waals surface area contributed by atoms with Gasteiger partial charge in [0.1, 0.15) is 11.2 Å². The van der Waals surface area contributed by atoms with Crippen LogP contribution in [0, 0.1) is 0 Å². The van der Waals surface area contributed by atoms with Crippen molar-refractivity contribution in [3.8, 4) is 44.5 Å². The molecule has 0 saturated carbocycles. The Morgan fingerprint density at radius 3 is 1.39 bits per heavy atom. The fourth-order valence-electron chi connectivity index (χ4n) is 7.79. The summed E-state index contributed by atoms with van der Waals surface area (Å²) >= 11 is 0. The van der Waals surface area contributed by atoms with E-state index in [-0.39, 0.29) is 0 Å². The lowest BCUT2D eigenvalue weighted by atomic mass is 9.84. The molecule has 1 aromatic heterocycles. The van der Waals surface area contributed by atoms with Crippen molar-refractivity contribution >= 4 is 54.3 Å². The molecule has 0 aliphatic heterocycles. The maximum atomic E-state index is 6.84. The molecule has 0 unspecified atom stereocenters. The van der Waals surface area contributed by atoms with Crippen LogP contribution in [0.1, 0.15) is 0 Å². The summed E-state index contributed by atoms with van der Waals surface area (Å²) in [5.41, 5.74) is 11.4. The molecule has 1 heteroatoms. The lowest BCUT2D eigenvalue weighted by molar-refractivity contribution is 0.674. The van der Waals surface area contributed by atoms with Crippen LogP contribution in [0.15, 0.2) is 186 Å². The Morgan fingerprint density at radius 1 is 0.265 bits per heavy atom. The average Bonchev–Trinajstić information content (AvgIpc) is 3.56. The molecule has 1 nitrogen and oxygen atoms in total. The number of benzene rings is 9. The summed E-state index contributed by atoms with van der Waals surface area (Å²) in [7, 11) is 0. The number of furan rings is 1. The van der Waals surface area contributed by atoms with E-state index in [1.165, 1.54) is 60.3 Å². The Morgan fingerprint density at radius 2 is 0.755 bits per heavy atom. The Kier molecular flexibility index (Phi) is 6.25. The van der Waals surface area contributed by atoms with Gasteiger partial charge in [0.2, 0.25) is 0 Å². The molecular weight excluding hydrogens is 593 g/mol. The smallest absolute Gasteiger partial charge is 0.143 e. The van der Waals surface area contributed by atoms with Gasteiger partial charge in [0, 0.05) is 21.7 Å². The van der Waals surface area contributed by atoms with Gasteiger partial charge in [-0.05, 0) is 84.1 Å². The van der Waals surface area contributed by atoms with Gasteiger partial charge in [0.15, 0.2) is 0 Å². The molecule has 0 atom stereocenters. The van der Waals surface area contributed by atoms with Gasteiger partial charge in [-0.15, -0.1) is 0 Å². The van der Waals surface area contributed by atoms with Gasteiger partial charge in [-0.1, -0.05) is 164 Å². The maximum Gasteiger partial charge on any atom is 0.143 e. The third kappa shape index (κ3) is 4.40. The van der Waals surface area contributed by atoms with Gasteiger partial charge < -0.3 is 4.42 Å². The van der Waals surface area contributed by atoms with Crippen LogP contribution in [0.3, 0.4) is 0 Å². The molecule has 10 aromatic rings. The Bertz CT molecular complexity index is 2790. The molecule has 49 heavy (non-hydrogen) atoms. The van der Waals surface area contributed by atoms with E-state index >= 15 is 0 Å². The molecule has 0 aliphatic rings. The van der Waals surface area contributed by atoms with E-state index in [4.69, 9.17) is 4.42 Å². The van der Waals surface area contributed by atoms with Crippen molar-refractivity contribution in [2.24, 2.45) is 0 Å². The van der Waals surface area contributed by atoms with E-state index in [2.05, 4.69) is 182 Å². The summed E-state index contributed by atoms with van der Waals surface area (Å²) in [5, 5.41) is 9.54. The quantitative estimate of drug-likeness (QED) is 0.178. The minimum Gasteiger partial charge on any atom is -0.455 e. The number of rotatable bonds is 4. The molecule has 0 aliphatic carbocycles. The second-order valence-corrected chi connectivity index (χ2v) is 12.8. The third-order valence-corrected chi connectivity index (χ3v) is 10.0. The van der Waals surface area contributed by atoms with Crippen molar-refractivity contribution in [3.05, 3.63) is 182 Å². The summed E-state index contributed by atoms with van der Waals surface area (Å²) in [6.45, 7) is 0. The van der Waals surface area contributed by atoms with Gasteiger partial charge in [-0.3, -0.25) is 0 Å². The summed E-state index contributed by atoms with van der Waals surface area (Å²) in [6.07, 6.45) is 0. The fraction of sp³-hybridized carbons (Fsp3) is 0. The second kappa shape index (κ2) is 11.1. The van der Waals surface area contributed by atoms with Crippen molar-refractivity contribution in [1.29, 1.82) is 0 Å². The van der Waals surface area contributed by atoms with E-state index in [0.29, 0.717) is 0 Å². The Hall–Kier alpha value is -6.44. The van der Waals surface area contributed by atoms with E-state index in [0.717, 1.165) is 38.5 Å². The number of fused-ring (bicyclic) bond motifs is 7. The minimum atomic E-state index is 0.921. The topological polar surface area (TPSA) is 13.1 Å². The molecule has 0 spiro atoms. The fourth-order valence-corrected chi connectivity index (χ4v) is 7.79. The molecule has 228 valence electrons. The van der Waals surface area contributed by atoms with Crippen LogP contribution in [0.2, 0.25) is 0 Å². The molecule has 9 aromatic carbocycles. The first-order valence-electron chi connectivity index (χ1n) is 16.8. The van der Waals surface area contributed by atoms with Crippen molar-refractivity contribution < 1.29 is 4.42 Å². The molecule has 0 amide bonds. The number of hydrogen-bond donors (Lipinski definition) is 0. The van der Waals surface area contributed by atoms with Crippen LogP contribution >= 0.6 is 0 Å². The highest BCUT2D eigenvalue weighted by molar-refractivity contribution is 6.24. The van der Waals surface area contributed by atoms with Crippen LogP contribution in [-0.4, -0.2) is 0 Å². The first-order valence-corrected chi connectivity index (χ1v) is 16.8. The second-order valence-electron chi connectivity index (χ2n) is 12.8. The van der Waals surface area contributed by atoms with E-state index in [1.807, 2.05) is 0 Å². The first-order chi connectivity index (χ1) is 24.3. The van der Waals surface area contributed by atoms with Crippen molar-refractivity contribution in [2.75, 3.05) is 0 Å². The lowest BCUT2D eigenvalue weighted by Crippen LogP contribution is -1.91. The highest BCUT2D eigenvalue weighted by atomic mass is 16.3. The summed E-state index contributed by atoms with van der Waals surface area (Å²) < 4.78 is 6.84. The summed E-state index contributed by atoms with van der Waals surface area (Å²) in [6, 6.07) is 65.7. The third-order valence-electron chi connectivity index (χ3n) is 10.0. The van der Waals surface area contributed by atoms with Crippen molar-refractivity contribution in [3.63, 3.8) is 0 Å². The molecule has 1 heterocycles. The maximum absolute atomic E-state index is 6.84. The van der Waals surface area contributed by atoms with Crippen LogP contribution in [0.4, 0.5) is 0 Å². The van der Waals surface area contributed by atoms with Gasteiger partial charge in [0.05, 0.1) is 0 Å². The minimum absolute atomic E-state index is 0.921. The molecule has 0 N–H and O–H groups in total. The largest absolute Gasteiger partial charge is 0.455 e. The molecular formula is C48H30O. The summed E-state index contributed by atoms with van der Waals surface area (Å²) in [5.74, 6) is 0. The predicted molar refractivity (Wildman–Crippen MR) is 208 cm³/mol. The molecule has 0 radical (unpaired) electrons. The zero-order valence-corrected chi connectivity index (χ0v) is 26.7. The summed E-state index contributed by atoms with van der Waals surface area (Å²) in [4.78, 5) is 0. The monoisotopic (exact) mass is 622 g/mol. The first kappa shape index (κ1) is 27.7. The molecule has 0 saturated heterocycles. The van der Waals surface area contributed by atoms with Gasteiger partial charge in [-0.2, -0.15) is 0 Å². The zero-order valence-electron chi connectivity index (χ0n) is 26.7. The molecule has 0 bridgehead atoms. The Labute approximate surface area is 284 Å². The predicted octanol–water partition coefficient (Wildman–Crippen LogP) is 13.7. The van der Waals surface area contributed by atoms with Crippen LogP contribution in [-0.2, 0) is 0 Å². The van der Waals surface area contributed by atoms with Crippen molar-refractivity contribution in [2.45, 2.75) is 0 Å². The highest BCUT2D eigenvalue weighted by Gasteiger charge is 2.21. The van der Waals surface area contributed by atoms with Gasteiger partial charge in [-0.25, -0.2) is 0 Å². The Balaban J connectivity index is 1.28. The standard InChI is InChI=1S/C48H30O/c1-3-13-31(14-4-1)32-23-25-35(26-24-32)45-38-19-9-11-21-40(38)46(41-22-12-10-20-39(41)45)36-29-43(33-15-5-2-6-16-33)48-44(30-36)42-28-27-34-17-7-8-18-37(34)47(42)49-48/h1-30H. The highest BCUT2D eigenvalue weighted by Crippen LogP contribution is 2.47. The van der Waals surface area contributed by atoms with E-state index < -0.39 is 0 Å². The van der Waals surface area contributed by atoms with Gasteiger partial charge >= 0.3 is 0 Å². The van der Waals surface area contributed by atoms with E-state index in [9.17, 15) is 0 Å². The van der Waals surface area contributed by atoms with E-state index in [1.54, 1.807) is 0 Å². The molecule has 0 fully saturated rings. The normalized spacial score (nSPS) is 11.7. The van der Waals surface area contributed by atoms with Crippen molar-refractivity contribution in [1.82, 2.24) is 0 Å². The van der Waals surface area contributed by atoms with Crippen LogP contribution in [0.5, 0.6) is 0 Å².